The third kappa shape index (κ3) is 19.7. The van der Waals surface area contributed by atoms with Crippen molar-refractivity contribution >= 4 is 77.6 Å². The molecule has 18 heteroatoms. The van der Waals surface area contributed by atoms with Gasteiger partial charge in [-0.05, 0) is 256 Å². The van der Waals surface area contributed by atoms with Crippen molar-refractivity contribution in [2.24, 2.45) is 0 Å². The Bertz CT molecular complexity index is 5860. The van der Waals surface area contributed by atoms with Crippen LogP contribution in [-0.4, -0.2) is 14.2 Å². The highest BCUT2D eigenvalue weighted by atomic mass is 31.2. The van der Waals surface area contributed by atoms with E-state index in [1.807, 2.05) is 146 Å². The topological polar surface area (TPSA) is 145 Å². The Morgan fingerprint density at radius 1 is 0.246 bits per heavy atom. The summed E-state index contributed by atoms with van der Waals surface area (Å²) in [5.41, 5.74) is 19.4. The van der Waals surface area contributed by atoms with Crippen LogP contribution < -0.4 is 45.7 Å². The van der Waals surface area contributed by atoms with Crippen molar-refractivity contribution < 1.29 is 62.5 Å². The number of aryl methyl sites for hydroxylation is 10. The molecular weight excluding hydrogens is 1550 g/mol. The standard InChI is InChI=1S/C50H54O8P2.C50H54O6P2/c1-31-23-33(3)45-39(25-31)40-26-32(2)24-34(4)46(40)56-60(55-45)58-48-42(28-38(52-12)30-44(48)50(8,9)10)41-27-37(51-11)29-43(49(5,6)7)47(41)57-59(53-35-19-15-13-16-20-35)54-36-21-17-14-18-22-36;1-31-23-35(5)45(53-57(51-37-19-15-13-16-20-37)52-38-21-17-14-18-22-38)39(25-31)40-26-32(2)24-36(6)46(40)54-58-55-47-41(27-33(3)29-43(47)49(7,8)9)42-28-34(4)30-44(48(42)56-58)50(10,11)12/h13-30H,1-12H3;13-30H,1-12H3. The zero-order valence-corrected chi connectivity index (χ0v) is 75.9. The molecule has 0 bridgehead atoms. The van der Waals surface area contributed by atoms with Gasteiger partial charge in [-0.3, -0.25) is 0 Å². The first-order valence-electron chi connectivity index (χ1n) is 39.7. The van der Waals surface area contributed by atoms with Gasteiger partial charge in [0.2, 0.25) is 0 Å². The summed E-state index contributed by atoms with van der Waals surface area (Å²) in [7, 11) is -4.78. The van der Waals surface area contributed by atoms with E-state index in [-0.39, 0.29) is 10.8 Å². The Morgan fingerprint density at radius 3 is 0.873 bits per heavy atom. The molecule has 12 aromatic carbocycles. The first-order chi connectivity index (χ1) is 56.0. The van der Waals surface area contributed by atoms with Crippen LogP contribution in [0.1, 0.15) is 161 Å². The minimum absolute atomic E-state index is 0.212. The Balaban J connectivity index is 0.000000205. The second-order valence-electron chi connectivity index (χ2n) is 34.6. The van der Waals surface area contributed by atoms with E-state index in [9.17, 15) is 0 Å². The lowest BCUT2D eigenvalue weighted by Gasteiger charge is -2.29. The van der Waals surface area contributed by atoms with Crippen LogP contribution in [0.4, 0.5) is 0 Å². The highest BCUT2D eigenvalue weighted by Crippen LogP contribution is 2.57. The molecular formula is C100H108O14P4. The first kappa shape index (κ1) is 85.2. The van der Waals surface area contributed by atoms with Crippen LogP contribution in [0, 0.1) is 69.2 Å². The fourth-order valence-electron chi connectivity index (χ4n) is 14.6. The van der Waals surface area contributed by atoms with Gasteiger partial charge in [-0.15, -0.1) is 0 Å². The fraction of sp³-hybridized carbons (Fsp3) is 0.280. The Morgan fingerprint density at radius 2 is 0.517 bits per heavy atom. The Hall–Kier alpha value is -10.7. The maximum Gasteiger partial charge on any atom is 0.530 e. The number of methoxy groups -OCH3 is 2. The van der Waals surface area contributed by atoms with Gasteiger partial charge in [0.1, 0.15) is 79.8 Å². The molecule has 0 aliphatic carbocycles. The average molecular weight is 1660 g/mol. The first-order valence-corrected chi connectivity index (χ1v) is 44.1. The highest BCUT2D eigenvalue weighted by Gasteiger charge is 2.35. The van der Waals surface area contributed by atoms with Gasteiger partial charge in [-0.2, -0.15) is 0 Å². The second kappa shape index (κ2) is 35.1. The molecule has 2 heterocycles. The van der Waals surface area contributed by atoms with Crippen LogP contribution in [0.25, 0.3) is 66.1 Å². The molecule has 2 aromatic heterocycles. The normalized spacial score (nSPS) is 11.9. The largest absolute Gasteiger partial charge is 0.530 e. The summed E-state index contributed by atoms with van der Waals surface area (Å²) < 4.78 is 94.2. The zero-order valence-electron chi connectivity index (χ0n) is 72.3. The molecule has 118 heavy (non-hydrogen) atoms. The fourth-order valence-corrected chi connectivity index (χ4v) is 19.2. The van der Waals surface area contributed by atoms with E-state index in [1.165, 1.54) is 0 Å². The maximum atomic E-state index is 7.22. The quantitative estimate of drug-likeness (QED) is 0.0667. The van der Waals surface area contributed by atoms with Crippen molar-refractivity contribution in [3.8, 4) is 79.7 Å². The van der Waals surface area contributed by atoms with E-state index in [1.54, 1.807) is 14.2 Å². The van der Waals surface area contributed by atoms with Crippen molar-refractivity contribution in [2.75, 3.05) is 14.2 Å². The van der Waals surface area contributed by atoms with Crippen molar-refractivity contribution in [3.63, 3.8) is 0 Å². The molecule has 0 saturated heterocycles. The van der Waals surface area contributed by atoms with E-state index < -0.39 is 44.5 Å². The van der Waals surface area contributed by atoms with Gasteiger partial charge in [0, 0.05) is 66.1 Å². The minimum Gasteiger partial charge on any atom is -0.497 e. The summed E-state index contributed by atoms with van der Waals surface area (Å²) in [6.07, 6.45) is 0. The summed E-state index contributed by atoms with van der Waals surface area (Å²) in [5, 5.41) is 3.97. The van der Waals surface area contributed by atoms with Crippen LogP contribution in [-0.2, 0) is 21.7 Å². The predicted octanol–water partition coefficient (Wildman–Crippen LogP) is 31.4. The van der Waals surface area contributed by atoms with Gasteiger partial charge in [0.15, 0.2) is 0 Å². The molecule has 0 fully saturated rings. The number of rotatable bonds is 20. The van der Waals surface area contributed by atoms with Crippen LogP contribution in [0.3, 0.4) is 0 Å². The second-order valence-corrected chi connectivity index (χ2v) is 38.5. The van der Waals surface area contributed by atoms with Crippen molar-refractivity contribution in [2.45, 2.75) is 174 Å². The predicted molar refractivity (Wildman–Crippen MR) is 487 cm³/mol. The molecule has 0 amide bonds. The van der Waals surface area contributed by atoms with E-state index >= 15 is 0 Å². The van der Waals surface area contributed by atoms with E-state index in [4.69, 9.17) is 62.5 Å². The maximum absolute atomic E-state index is 7.22. The molecule has 0 saturated carbocycles. The third-order valence-electron chi connectivity index (χ3n) is 20.2. The molecule has 14 nitrogen and oxygen atoms in total. The molecule has 0 N–H and O–H groups in total. The van der Waals surface area contributed by atoms with Gasteiger partial charge in [0.05, 0.1) is 14.2 Å². The van der Waals surface area contributed by atoms with Crippen molar-refractivity contribution in [1.29, 1.82) is 0 Å². The minimum atomic E-state index is -2.08. The Kier molecular flexibility index (Phi) is 25.3. The third-order valence-corrected chi connectivity index (χ3v) is 24.2. The summed E-state index contributed by atoms with van der Waals surface area (Å²) in [6, 6.07) is 72.2. The van der Waals surface area contributed by atoms with Gasteiger partial charge < -0.3 is 62.5 Å². The highest BCUT2D eigenvalue weighted by molar-refractivity contribution is 7.43. The van der Waals surface area contributed by atoms with Crippen LogP contribution in [0.5, 0.6) is 57.5 Å². The molecule has 0 unspecified atom stereocenters. The number of fused-ring (bicyclic) bond motifs is 6. The van der Waals surface area contributed by atoms with Gasteiger partial charge in [-0.25, -0.2) is 0 Å². The molecule has 14 rings (SSSR count). The van der Waals surface area contributed by atoms with Gasteiger partial charge in [-0.1, -0.05) is 192 Å². The lowest BCUT2D eigenvalue weighted by Crippen LogP contribution is -2.16. The number of hydrogen-bond donors (Lipinski definition) is 0. The number of ether oxygens (including phenoxy) is 2. The molecule has 0 aliphatic heterocycles. The summed E-state index contributed by atoms with van der Waals surface area (Å²) in [5.74, 6) is 6.18. The van der Waals surface area contributed by atoms with Crippen molar-refractivity contribution in [3.05, 3.63) is 296 Å². The van der Waals surface area contributed by atoms with Gasteiger partial charge in [0.25, 0.3) is 0 Å². The van der Waals surface area contributed by atoms with Gasteiger partial charge >= 0.3 is 33.7 Å². The Labute approximate surface area is 699 Å². The summed E-state index contributed by atoms with van der Waals surface area (Å²) in [6.45, 7) is 47.1. The smallest absolute Gasteiger partial charge is 0.497 e. The number of para-hydroxylation sites is 4. The summed E-state index contributed by atoms with van der Waals surface area (Å²) in [4.78, 5) is 0. The SMILES string of the molecule is COc1cc(-c2cc(OC)cc(C(C)(C)C)c2Op2oc3c(C)cc(C)cc3c3cc(C)cc(C)c3o2)c(OP(Oc2ccccc2)Oc2ccccc2)c(C(C)(C)C)c1.Cc1cc(C)c(OP(Oc2ccccc2)Oc2ccccc2)c(-c2cc(C)cc(C)c2Op2oc3c(C(C)(C)C)cc(C)cc3c3cc(C)cc(C(C)(C)C)c3o2)c1. The lowest BCUT2D eigenvalue weighted by atomic mass is 9.81. The number of hydrogen-bond acceptors (Lipinski definition) is 14. The summed E-state index contributed by atoms with van der Waals surface area (Å²) >= 11 is 0. The molecule has 14 aromatic rings. The molecule has 0 spiro atoms. The van der Waals surface area contributed by atoms with E-state index in [0.29, 0.717) is 68.6 Å². The average Bonchev–Trinajstić information content (AvgIpc) is 1.46. The van der Waals surface area contributed by atoms with E-state index in [2.05, 4.69) is 225 Å². The molecule has 0 radical (unpaired) electrons. The monoisotopic (exact) mass is 1660 g/mol. The van der Waals surface area contributed by atoms with E-state index in [0.717, 1.165) is 133 Å². The molecule has 0 atom stereocenters. The van der Waals surface area contributed by atoms with Crippen LogP contribution in [0.15, 0.2) is 235 Å². The van der Waals surface area contributed by atoms with Crippen LogP contribution >= 0.6 is 33.7 Å². The zero-order chi connectivity index (χ0) is 84.4. The van der Waals surface area contributed by atoms with Crippen LogP contribution in [0.2, 0.25) is 0 Å². The lowest BCUT2D eigenvalue weighted by molar-refractivity contribution is 0.380. The number of benzene rings is 12. The van der Waals surface area contributed by atoms with Crippen molar-refractivity contribution in [1.82, 2.24) is 0 Å². The molecule has 612 valence electrons. The molecule has 0 aliphatic rings.